The molecule has 0 heterocycles. The van der Waals surface area contributed by atoms with Crippen LogP contribution in [0.3, 0.4) is 0 Å². The number of phosphoric ester groups is 3. The molecule has 8 N–H and O–H groups in total. The number of unbranched alkanes of at least 4 members (excludes halogenated alkanes) is 21. The molecule has 0 amide bonds. The Morgan fingerprint density at radius 3 is 1.32 bits per heavy atom. The third-order valence-electron chi connectivity index (χ3n) is 11.4. The Morgan fingerprint density at radius 1 is 0.464 bits per heavy atom. The molecule has 69 heavy (non-hydrogen) atoms. The van der Waals surface area contributed by atoms with Crippen LogP contribution in [0.2, 0.25) is 0 Å². The van der Waals surface area contributed by atoms with Crippen LogP contribution >= 0.6 is 23.5 Å². The molecule has 1 rings (SSSR count). The van der Waals surface area contributed by atoms with Crippen LogP contribution in [0, 0.1) is 0 Å². The molecule has 404 valence electrons. The Balaban J connectivity index is 2.70. The standard InChI is InChI=1S/C47H87O19P3/c1-3-5-7-9-11-13-15-17-18-19-20-21-22-24-26-28-30-32-34-36-41(49)63-39(37-61-40(48)35-33-31-29-27-25-23-16-14-12-10-8-6-4-2)38-62-69(59,60)66-45-42(50)43(51)46(64-67(53,54)55)47(44(45)52)65-68(56,57)58/h11,13,17-18,20-21,39,42-47,50-52H,3-10,12,14-16,19,22-38H2,1-2H3,(H,59,60)(H2,53,54,55)(H2,56,57,58). The van der Waals surface area contributed by atoms with Crippen molar-refractivity contribution in [2.75, 3.05) is 13.2 Å². The second kappa shape index (κ2) is 38.9. The van der Waals surface area contributed by atoms with Gasteiger partial charge in [-0.25, -0.2) is 13.7 Å². The minimum atomic E-state index is -5.60. The summed E-state index contributed by atoms with van der Waals surface area (Å²) in [5.41, 5.74) is 0. The molecule has 22 heteroatoms. The molecule has 0 aromatic rings. The van der Waals surface area contributed by atoms with E-state index in [4.69, 9.17) is 18.5 Å². The molecule has 1 fully saturated rings. The normalized spacial score (nSPS) is 21.6. The van der Waals surface area contributed by atoms with Gasteiger partial charge in [-0.2, -0.15) is 0 Å². The van der Waals surface area contributed by atoms with Crippen LogP contribution in [0.5, 0.6) is 0 Å². The maximum atomic E-state index is 13.1. The van der Waals surface area contributed by atoms with Crippen molar-refractivity contribution < 1.29 is 90.6 Å². The van der Waals surface area contributed by atoms with Crippen molar-refractivity contribution in [3.05, 3.63) is 36.5 Å². The van der Waals surface area contributed by atoms with E-state index >= 15 is 0 Å². The molecular formula is C47H87O19P3. The quantitative estimate of drug-likeness (QED) is 0.0122. The zero-order valence-electron chi connectivity index (χ0n) is 41.1. The number of carbonyl (C=O) groups excluding carboxylic acids is 2. The summed E-state index contributed by atoms with van der Waals surface area (Å²) in [7, 11) is -16.6. The van der Waals surface area contributed by atoms with Crippen LogP contribution in [0.15, 0.2) is 36.5 Å². The lowest BCUT2D eigenvalue weighted by molar-refractivity contribution is -0.213. The van der Waals surface area contributed by atoms with Gasteiger partial charge in [0.1, 0.15) is 43.2 Å². The van der Waals surface area contributed by atoms with Gasteiger partial charge in [0.05, 0.1) is 6.61 Å². The monoisotopic (exact) mass is 1050 g/mol. The molecule has 8 unspecified atom stereocenters. The van der Waals surface area contributed by atoms with E-state index in [1.165, 1.54) is 70.6 Å². The number of esters is 2. The third-order valence-corrected chi connectivity index (χ3v) is 13.5. The third kappa shape index (κ3) is 35.2. The zero-order chi connectivity index (χ0) is 51.4. The Bertz CT molecular complexity index is 1580. The van der Waals surface area contributed by atoms with Gasteiger partial charge in [0.25, 0.3) is 0 Å². The van der Waals surface area contributed by atoms with E-state index in [0.29, 0.717) is 12.8 Å². The molecular weight excluding hydrogens is 961 g/mol. The van der Waals surface area contributed by atoms with Gasteiger partial charge in [-0.05, 0) is 51.4 Å². The highest BCUT2D eigenvalue weighted by molar-refractivity contribution is 7.47. The van der Waals surface area contributed by atoms with E-state index in [2.05, 4.69) is 59.4 Å². The highest BCUT2D eigenvalue weighted by atomic mass is 31.2. The van der Waals surface area contributed by atoms with Gasteiger partial charge in [-0.1, -0.05) is 166 Å². The highest BCUT2D eigenvalue weighted by Crippen LogP contribution is 2.51. The molecule has 0 radical (unpaired) electrons. The molecule has 0 aromatic carbocycles. The van der Waals surface area contributed by atoms with Gasteiger partial charge in [-0.3, -0.25) is 27.7 Å². The lowest BCUT2D eigenvalue weighted by atomic mass is 9.85. The van der Waals surface area contributed by atoms with E-state index in [1.54, 1.807) is 0 Å². The molecule has 8 atom stereocenters. The lowest BCUT2D eigenvalue weighted by Crippen LogP contribution is -2.65. The number of carbonyl (C=O) groups is 2. The summed E-state index contributed by atoms with van der Waals surface area (Å²) in [4.78, 5) is 73.3. The first-order valence-corrected chi connectivity index (χ1v) is 29.8. The lowest BCUT2D eigenvalue weighted by Gasteiger charge is -2.44. The molecule has 0 aliphatic heterocycles. The summed E-state index contributed by atoms with van der Waals surface area (Å²) in [6, 6.07) is 0. The van der Waals surface area contributed by atoms with E-state index in [-0.39, 0.29) is 12.8 Å². The SMILES string of the molecule is CCCCCC=CCC=CCC=CCCCCCCCCC(=O)OC(COC(=O)CCCCCCCCCCCCCCC)COP(=O)(O)OC1C(O)C(O)C(OP(=O)(O)O)C(OP(=O)(O)O)C1O. The average molecular weight is 1050 g/mol. The van der Waals surface area contributed by atoms with Crippen LogP contribution < -0.4 is 0 Å². The molecule has 1 aliphatic carbocycles. The fourth-order valence-electron chi connectivity index (χ4n) is 7.65. The number of aliphatic hydroxyl groups excluding tert-OH is 3. The smallest absolute Gasteiger partial charge is 0.462 e. The van der Waals surface area contributed by atoms with E-state index in [1.807, 2.05) is 0 Å². The van der Waals surface area contributed by atoms with Gasteiger partial charge >= 0.3 is 35.4 Å². The fourth-order valence-corrected chi connectivity index (χ4v) is 9.75. The first-order chi connectivity index (χ1) is 32.8. The molecule has 0 spiro atoms. The number of ether oxygens (including phenoxy) is 2. The van der Waals surface area contributed by atoms with Crippen molar-refractivity contribution in [2.45, 2.75) is 236 Å². The predicted molar refractivity (Wildman–Crippen MR) is 261 cm³/mol. The number of phosphoric acid groups is 3. The molecule has 19 nitrogen and oxygen atoms in total. The summed E-state index contributed by atoms with van der Waals surface area (Å²) in [6.45, 7) is 2.92. The fraction of sp³-hybridized carbons (Fsp3) is 0.830. The average Bonchev–Trinajstić information content (AvgIpc) is 3.28. The molecule has 0 bridgehead atoms. The van der Waals surface area contributed by atoms with Gasteiger partial charge < -0.3 is 49.3 Å². The van der Waals surface area contributed by atoms with Crippen LogP contribution in [0.1, 0.15) is 194 Å². The first kappa shape index (κ1) is 65.4. The van der Waals surface area contributed by atoms with E-state index < -0.39 is 91.3 Å². The Hall–Kier alpha value is -1.63. The van der Waals surface area contributed by atoms with Gasteiger partial charge in [0, 0.05) is 12.8 Å². The second-order valence-corrected chi connectivity index (χ2v) is 21.5. The molecule has 0 saturated heterocycles. The Kier molecular flexibility index (Phi) is 36.9. The predicted octanol–water partition coefficient (Wildman–Crippen LogP) is 9.63. The van der Waals surface area contributed by atoms with Crippen molar-refractivity contribution in [1.82, 2.24) is 0 Å². The van der Waals surface area contributed by atoms with E-state index in [0.717, 1.165) is 83.5 Å². The van der Waals surface area contributed by atoms with Crippen molar-refractivity contribution >= 4 is 35.4 Å². The van der Waals surface area contributed by atoms with Crippen molar-refractivity contribution in [1.29, 1.82) is 0 Å². The first-order valence-electron chi connectivity index (χ1n) is 25.3. The van der Waals surface area contributed by atoms with Crippen molar-refractivity contribution in [3.63, 3.8) is 0 Å². The van der Waals surface area contributed by atoms with Crippen molar-refractivity contribution in [2.24, 2.45) is 0 Å². The summed E-state index contributed by atoms with van der Waals surface area (Å²) in [5.74, 6) is -1.31. The van der Waals surface area contributed by atoms with Crippen LogP contribution in [-0.4, -0.2) is 108 Å². The topological polar surface area (TPSA) is 303 Å². The highest BCUT2D eigenvalue weighted by Gasteiger charge is 2.56. The minimum absolute atomic E-state index is 0.0151. The second-order valence-electron chi connectivity index (χ2n) is 17.8. The molecule has 0 aromatic heterocycles. The largest absolute Gasteiger partial charge is 0.472 e. The number of aliphatic hydroxyl groups is 3. The van der Waals surface area contributed by atoms with Crippen LogP contribution in [0.25, 0.3) is 0 Å². The number of rotatable bonds is 43. The number of hydrogen-bond donors (Lipinski definition) is 8. The maximum Gasteiger partial charge on any atom is 0.472 e. The van der Waals surface area contributed by atoms with Crippen LogP contribution in [-0.2, 0) is 50.9 Å². The summed E-state index contributed by atoms with van der Waals surface area (Å²) >= 11 is 0. The summed E-state index contributed by atoms with van der Waals surface area (Å²) in [5, 5.41) is 31.9. The summed E-state index contributed by atoms with van der Waals surface area (Å²) in [6.07, 6.45) is 24.3. The van der Waals surface area contributed by atoms with Crippen LogP contribution in [0.4, 0.5) is 0 Å². The van der Waals surface area contributed by atoms with Gasteiger partial charge in [0.15, 0.2) is 6.10 Å². The molecule has 1 saturated carbocycles. The number of allylic oxidation sites excluding steroid dienone is 6. The molecule has 1 aliphatic rings. The minimum Gasteiger partial charge on any atom is -0.462 e. The Morgan fingerprint density at radius 2 is 0.841 bits per heavy atom. The maximum absolute atomic E-state index is 13.1. The van der Waals surface area contributed by atoms with E-state index in [9.17, 15) is 63.1 Å². The zero-order valence-corrected chi connectivity index (χ0v) is 43.8. The van der Waals surface area contributed by atoms with Gasteiger partial charge in [-0.15, -0.1) is 0 Å². The van der Waals surface area contributed by atoms with Gasteiger partial charge in [0.2, 0.25) is 0 Å². The Labute approximate surface area is 410 Å². The summed E-state index contributed by atoms with van der Waals surface area (Å²) < 4.78 is 65.6. The van der Waals surface area contributed by atoms with Crippen molar-refractivity contribution in [3.8, 4) is 0 Å². The number of hydrogen-bond acceptors (Lipinski definition) is 14.